The molecule has 0 atom stereocenters. The van der Waals surface area contributed by atoms with Crippen LogP contribution in [0.25, 0.3) is 10.6 Å². The summed E-state index contributed by atoms with van der Waals surface area (Å²) in [5, 5.41) is 2.73. The van der Waals surface area contributed by atoms with E-state index in [2.05, 4.69) is 10.3 Å². The molecule has 2 aromatic heterocycles. The van der Waals surface area contributed by atoms with Crippen molar-refractivity contribution < 1.29 is 14.3 Å². The summed E-state index contributed by atoms with van der Waals surface area (Å²) < 4.78 is 5.38. The second kappa shape index (κ2) is 7.52. The minimum absolute atomic E-state index is 0.0701. The lowest BCUT2D eigenvalue weighted by molar-refractivity contribution is -0.118. The van der Waals surface area contributed by atoms with E-state index in [9.17, 15) is 9.59 Å². The molecule has 0 aliphatic heterocycles. The molecule has 0 fully saturated rings. The van der Waals surface area contributed by atoms with Crippen LogP contribution >= 0.6 is 11.3 Å². The van der Waals surface area contributed by atoms with Gasteiger partial charge in [0.05, 0.1) is 27.3 Å². The highest BCUT2D eigenvalue weighted by atomic mass is 32.1. The molecule has 0 bridgehead atoms. The third-order valence-electron chi connectivity index (χ3n) is 3.16. The zero-order chi connectivity index (χ0) is 16.8. The number of benzene rings is 1. The van der Waals surface area contributed by atoms with Crippen LogP contribution in [0.3, 0.4) is 0 Å². The number of nitrogens with one attached hydrogen (secondary N) is 1. The van der Waals surface area contributed by atoms with Gasteiger partial charge in [0.2, 0.25) is 0 Å². The molecular formula is C18H14N2O3S. The molecule has 0 radical (unpaired) electrons. The summed E-state index contributed by atoms with van der Waals surface area (Å²) in [5.41, 5.74) is 1.35. The first-order chi connectivity index (χ1) is 11.7. The summed E-state index contributed by atoms with van der Waals surface area (Å²) >= 11 is 1.37. The molecule has 1 amide bonds. The average molecular weight is 338 g/mol. The first kappa shape index (κ1) is 15.9. The van der Waals surface area contributed by atoms with Crippen molar-refractivity contribution in [3.05, 3.63) is 65.7 Å². The molecule has 6 heteroatoms. The monoisotopic (exact) mass is 338 g/mol. The molecule has 0 aliphatic rings. The van der Waals surface area contributed by atoms with Crippen molar-refractivity contribution in [2.45, 2.75) is 0 Å². The molecule has 1 N–H and O–H groups in total. The fraction of sp³-hybridized carbons (Fsp3) is 0.0556. The summed E-state index contributed by atoms with van der Waals surface area (Å²) in [6.45, 7) is -0.0701. The van der Waals surface area contributed by atoms with Gasteiger partial charge in [-0.3, -0.25) is 14.6 Å². The quantitative estimate of drug-likeness (QED) is 0.697. The van der Waals surface area contributed by atoms with Gasteiger partial charge < -0.3 is 10.1 Å². The molecule has 24 heavy (non-hydrogen) atoms. The van der Waals surface area contributed by atoms with Crippen LogP contribution in [0.15, 0.2) is 60.8 Å². The maximum atomic E-state index is 11.9. The van der Waals surface area contributed by atoms with Crippen molar-refractivity contribution in [1.82, 2.24) is 4.98 Å². The summed E-state index contributed by atoms with van der Waals surface area (Å²) in [4.78, 5) is 28.5. The zero-order valence-electron chi connectivity index (χ0n) is 12.6. The van der Waals surface area contributed by atoms with Crippen LogP contribution in [0.4, 0.5) is 5.69 Å². The van der Waals surface area contributed by atoms with E-state index in [0.717, 1.165) is 16.9 Å². The van der Waals surface area contributed by atoms with Crippen molar-refractivity contribution in [3.63, 3.8) is 0 Å². The van der Waals surface area contributed by atoms with Crippen LogP contribution in [0.5, 0.6) is 5.75 Å². The SMILES string of the molecule is O=Cc1ccc(-c2ccc(NC(=O)COc3ccccc3)cn2)s1. The summed E-state index contributed by atoms with van der Waals surface area (Å²) in [7, 11) is 0. The largest absolute Gasteiger partial charge is 0.484 e. The van der Waals surface area contributed by atoms with Crippen LogP contribution in [0.1, 0.15) is 9.67 Å². The second-order valence-electron chi connectivity index (χ2n) is 4.90. The maximum absolute atomic E-state index is 11.9. The first-order valence-electron chi connectivity index (χ1n) is 7.24. The number of hydrogen-bond acceptors (Lipinski definition) is 5. The molecule has 0 unspecified atom stereocenters. The van der Waals surface area contributed by atoms with Gasteiger partial charge in [-0.25, -0.2) is 0 Å². The van der Waals surface area contributed by atoms with Crippen LogP contribution < -0.4 is 10.1 Å². The lowest BCUT2D eigenvalue weighted by Crippen LogP contribution is -2.20. The van der Waals surface area contributed by atoms with Gasteiger partial charge in [0.25, 0.3) is 5.91 Å². The van der Waals surface area contributed by atoms with Gasteiger partial charge in [-0.05, 0) is 36.4 Å². The van der Waals surface area contributed by atoms with E-state index in [1.165, 1.54) is 11.3 Å². The number of rotatable bonds is 6. The predicted octanol–water partition coefficient (Wildman–Crippen LogP) is 3.64. The highest BCUT2D eigenvalue weighted by Crippen LogP contribution is 2.26. The van der Waals surface area contributed by atoms with Gasteiger partial charge in [0, 0.05) is 0 Å². The van der Waals surface area contributed by atoms with E-state index in [1.807, 2.05) is 24.3 Å². The van der Waals surface area contributed by atoms with Crippen LogP contribution in [0.2, 0.25) is 0 Å². The Morgan fingerprint density at radius 2 is 1.96 bits per heavy atom. The maximum Gasteiger partial charge on any atom is 0.262 e. The third kappa shape index (κ3) is 4.05. The van der Waals surface area contributed by atoms with Gasteiger partial charge >= 0.3 is 0 Å². The van der Waals surface area contributed by atoms with Gasteiger partial charge in [0.1, 0.15) is 5.75 Å². The van der Waals surface area contributed by atoms with Crippen molar-refractivity contribution in [2.24, 2.45) is 0 Å². The van der Waals surface area contributed by atoms with Crippen LogP contribution in [0, 0.1) is 0 Å². The Labute approximate surface area is 142 Å². The number of hydrogen-bond donors (Lipinski definition) is 1. The van der Waals surface area contributed by atoms with Crippen molar-refractivity contribution in [1.29, 1.82) is 0 Å². The number of carbonyl (C=O) groups excluding carboxylic acids is 2. The fourth-order valence-electron chi connectivity index (χ4n) is 2.03. The second-order valence-corrected chi connectivity index (χ2v) is 6.02. The minimum atomic E-state index is -0.257. The zero-order valence-corrected chi connectivity index (χ0v) is 13.5. The molecule has 5 nitrogen and oxygen atoms in total. The topological polar surface area (TPSA) is 68.3 Å². The summed E-state index contributed by atoms with van der Waals surface area (Å²) in [5.74, 6) is 0.387. The predicted molar refractivity (Wildman–Crippen MR) is 93.5 cm³/mol. The number of aromatic nitrogens is 1. The van der Waals surface area contributed by atoms with Crippen LogP contribution in [-0.2, 0) is 4.79 Å². The number of amides is 1. The standard InChI is InChI=1S/C18H14N2O3S/c21-11-15-7-9-17(24-15)16-8-6-13(10-19-16)20-18(22)12-23-14-4-2-1-3-5-14/h1-11H,12H2,(H,20,22). The molecule has 0 saturated carbocycles. The fourth-order valence-corrected chi connectivity index (χ4v) is 2.83. The van der Waals surface area contributed by atoms with E-state index >= 15 is 0 Å². The van der Waals surface area contributed by atoms with Crippen LogP contribution in [-0.4, -0.2) is 23.8 Å². The van der Waals surface area contributed by atoms with E-state index < -0.39 is 0 Å². The highest BCUT2D eigenvalue weighted by Gasteiger charge is 2.06. The van der Waals surface area contributed by atoms with Gasteiger partial charge in [0.15, 0.2) is 12.9 Å². The Hall–Kier alpha value is -2.99. The third-order valence-corrected chi connectivity index (χ3v) is 4.19. The number of anilines is 1. The lowest BCUT2D eigenvalue weighted by atomic mass is 10.3. The molecule has 3 rings (SSSR count). The Morgan fingerprint density at radius 3 is 2.62 bits per heavy atom. The van der Waals surface area contributed by atoms with Crippen molar-refractivity contribution >= 4 is 29.2 Å². The minimum Gasteiger partial charge on any atom is -0.484 e. The molecular weight excluding hydrogens is 324 g/mol. The van der Waals surface area contributed by atoms with Crippen molar-refractivity contribution in [3.8, 4) is 16.3 Å². The Kier molecular flexibility index (Phi) is 4.98. The molecule has 0 spiro atoms. The molecule has 2 heterocycles. The molecule has 3 aromatic rings. The molecule has 1 aromatic carbocycles. The highest BCUT2D eigenvalue weighted by molar-refractivity contribution is 7.17. The van der Waals surface area contributed by atoms with E-state index in [1.54, 1.807) is 36.5 Å². The number of aldehydes is 1. The Bertz CT molecular complexity index is 829. The van der Waals surface area contributed by atoms with Crippen molar-refractivity contribution in [2.75, 3.05) is 11.9 Å². The summed E-state index contributed by atoms with van der Waals surface area (Å²) in [6, 6.07) is 16.3. The van der Waals surface area contributed by atoms with Gasteiger partial charge in [-0.1, -0.05) is 18.2 Å². The number of para-hydroxylation sites is 1. The van der Waals surface area contributed by atoms with E-state index in [-0.39, 0.29) is 12.5 Å². The Morgan fingerprint density at radius 1 is 1.12 bits per heavy atom. The first-order valence-corrected chi connectivity index (χ1v) is 8.05. The van der Waals surface area contributed by atoms with Gasteiger partial charge in [-0.15, -0.1) is 11.3 Å². The smallest absolute Gasteiger partial charge is 0.262 e. The number of thiophene rings is 1. The lowest BCUT2D eigenvalue weighted by Gasteiger charge is -2.07. The van der Waals surface area contributed by atoms with Gasteiger partial charge in [-0.2, -0.15) is 0 Å². The summed E-state index contributed by atoms with van der Waals surface area (Å²) in [6.07, 6.45) is 2.39. The molecule has 0 saturated heterocycles. The molecule has 120 valence electrons. The normalized spacial score (nSPS) is 10.2. The average Bonchev–Trinajstić information content (AvgIpc) is 3.11. The van der Waals surface area contributed by atoms with E-state index in [4.69, 9.17) is 4.74 Å². The Balaban J connectivity index is 1.57. The van der Waals surface area contributed by atoms with E-state index in [0.29, 0.717) is 16.3 Å². The number of pyridine rings is 1. The number of nitrogens with zero attached hydrogens (tertiary/aromatic N) is 1. The number of carbonyl (C=O) groups is 2. The molecule has 0 aliphatic carbocycles. The number of ether oxygens (including phenoxy) is 1.